The average molecular weight is 393 g/mol. The molecule has 0 saturated carbocycles. The van der Waals surface area contributed by atoms with Crippen molar-refractivity contribution >= 4 is 28.9 Å². The standard InChI is InChI=1S/C23H24N2O2S/c1-17-11-13-25(14-12-17)23-24-22(26)21(28-23)15-18-7-9-20(10-8-18)27-16-19-5-3-2-4-6-19/h2-10,15,17H,11-14,16H2,1H3. The van der Waals surface area contributed by atoms with Crippen molar-refractivity contribution in [2.75, 3.05) is 13.1 Å². The van der Waals surface area contributed by atoms with Crippen LogP contribution in [0.15, 0.2) is 64.5 Å². The Balaban J connectivity index is 1.36. The van der Waals surface area contributed by atoms with Gasteiger partial charge in [0.1, 0.15) is 12.4 Å². The molecule has 0 bridgehead atoms. The van der Waals surface area contributed by atoms with Gasteiger partial charge in [-0.2, -0.15) is 4.99 Å². The number of hydrogen-bond acceptors (Lipinski definition) is 4. The number of rotatable bonds is 4. The number of amidine groups is 1. The van der Waals surface area contributed by atoms with Crippen LogP contribution in [-0.4, -0.2) is 29.1 Å². The van der Waals surface area contributed by atoms with Gasteiger partial charge < -0.3 is 9.64 Å². The number of benzene rings is 2. The smallest absolute Gasteiger partial charge is 0.286 e. The summed E-state index contributed by atoms with van der Waals surface area (Å²) in [7, 11) is 0. The first kappa shape index (κ1) is 18.8. The Morgan fingerprint density at radius 2 is 1.82 bits per heavy atom. The van der Waals surface area contributed by atoms with Crippen molar-refractivity contribution in [3.8, 4) is 5.75 Å². The summed E-state index contributed by atoms with van der Waals surface area (Å²) in [6.45, 7) is 4.80. The van der Waals surface area contributed by atoms with Gasteiger partial charge in [-0.3, -0.25) is 4.79 Å². The summed E-state index contributed by atoms with van der Waals surface area (Å²) >= 11 is 1.49. The van der Waals surface area contributed by atoms with E-state index < -0.39 is 0 Å². The minimum absolute atomic E-state index is 0.136. The molecule has 144 valence electrons. The predicted octanol–water partition coefficient (Wildman–Crippen LogP) is 4.97. The molecule has 1 fully saturated rings. The van der Waals surface area contributed by atoms with E-state index in [1.54, 1.807) is 0 Å². The molecule has 2 aromatic rings. The van der Waals surface area contributed by atoms with E-state index in [4.69, 9.17) is 4.74 Å². The van der Waals surface area contributed by atoms with Gasteiger partial charge in [-0.15, -0.1) is 0 Å². The second-order valence-electron chi connectivity index (χ2n) is 7.32. The highest BCUT2D eigenvalue weighted by molar-refractivity contribution is 8.18. The van der Waals surface area contributed by atoms with Crippen molar-refractivity contribution < 1.29 is 9.53 Å². The monoisotopic (exact) mass is 392 g/mol. The van der Waals surface area contributed by atoms with E-state index in [0.29, 0.717) is 11.5 Å². The van der Waals surface area contributed by atoms with Crippen molar-refractivity contribution in [1.29, 1.82) is 0 Å². The van der Waals surface area contributed by atoms with E-state index in [-0.39, 0.29) is 5.91 Å². The van der Waals surface area contributed by atoms with Gasteiger partial charge in [0.05, 0.1) is 4.91 Å². The summed E-state index contributed by atoms with van der Waals surface area (Å²) in [6.07, 6.45) is 4.24. The molecule has 0 spiro atoms. The van der Waals surface area contributed by atoms with Crippen LogP contribution in [0.1, 0.15) is 30.9 Å². The van der Waals surface area contributed by atoms with Crippen LogP contribution in [0.3, 0.4) is 0 Å². The molecule has 28 heavy (non-hydrogen) atoms. The fourth-order valence-corrected chi connectivity index (χ4v) is 4.25. The highest BCUT2D eigenvalue weighted by atomic mass is 32.2. The van der Waals surface area contributed by atoms with E-state index in [9.17, 15) is 4.79 Å². The molecule has 0 aliphatic carbocycles. The average Bonchev–Trinajstić information content (AvgIpc) is 3.09. The molecule has 4 nitrogen and oxygen atoms in total. The lowest BCUT2D eigenvalue weighted by Crippen LogP contribution is -2.35. The molecule has 2 heterocycles. The molecule has 0 atom stereocenters. The van der Waals surface area contributed by atoms with Gasteiger partial charge in [0, 0.05) is 13.1 Å². The molecule has 0 N–H and O–H groups in total. The number of thioether (sulfide) groups is 1. The third-order valence-electron chi connectivity index (χ3n) is 5.09. The Kier molecular flexibility index (Phi) is 5.81. The van der Waals surface area contributed by atoms with Gasteiger partial charge in [0.2, 0.25) is 0 Å². The quantitative estimate of drug-likeness (QED) is 0.689. The molecule has 2 aliphatic rings. The van der Waals surface area contributed by atoms with Crippen molar-refractivity contribution in [3.63, 3.8) is 0 Å². The maximum Gasteiger partial charge on any atom is 0.286 e. The number of amides is 1. The van der Waals surface area contributed by atoms with Gasteiger partial charge in [-0.1, -0.05) is 49.4 Å². The molecule has 2 aliphatic heterocycles. The second kappa shape index (κ2) is 8.65. The molecule has 0 unspecified atom stereocenters. The molecule has 5 heteroatoms. The fraction of sp³-hybridized carbons (Fsp3) is 0.304. The van der Waals surface area contributed by atoms with Crippen LogP contribution in [0.2, 0.25) is 0 Å². The highest BCUT2D eigenvalue weighted by Crippen LogP contribution is 2.32. The first-order valence-electron chi connectivity index (χ1n) is 9.72. The predicted molar refractivity (Wildman–Crippen MR) is 115 cm³/mol. The molecule has 2 aromatic carbocycles. The number of nitrogens with zero attached hydrogens (tertiary/aromatic N) is 2. The molecule has 1 saturated heterocycles. The molecular weight excluding hydrogens is 368 g/mol. The summed E-state index contributed by atoms with van der Waals surface area (Å²) < 4.78 is 5.82. The first-order valence-corrected chi connectivity index (χ1v) is 10.5. The van der Waals surface area contributed by atoms with E-state index in [1.807, 2.05) is 60.7 Å². The van der Waals surface area contributed by atoms with Crippen LogP contribution in [-0.2, 0) is 11.4 Å². The van der Waals surface area contributed by atoms with E-state index in [1.165, 1.54) is 11.8 Å². The molecule has 0 radical (unpaired) electrons. The summed E-state index contributed by atoms with van der Waals surface area (Å²) in [5.74, 6) is 1.44. The number of aliphatic imine (C=N–C) groups is 1. The number of likely N-dealkylation sites (tertiary alicyclic amines) is 1. The minimum atomic E-state index is -0.136. The lowest BCUT2D eigenvalue weighted by molar-refractivity contribution is -0.113. The van der Waals surface area contributed by atoms with Crippen LogP contribution < -0.4 is 4.74 Å². The molecular formula is C23H24N2O2S. The Hall–Kier alpha value is -2.53. The normalized spacial score (nSPS) is 19.2. The number of carbonyl (C=O) groups excluding carboxylic acids is 1. The van der Waals surface area contributed by atoms with Gasteiger partial charge in [-0.25, -0.2) is 0 Å². The second-order valence-corrected chi connectivity index (χ2v) is 8.33. The Morgan fingerprint density at radius 3 is 2.54 bits per heavy atom. The van der Waals surface area contributed by atoms with Crippen LogP contribution in [0.5, 0.6) is 5.75 Å². The Morgan fingerprint density at radius 1 is 1.11 bits per heavy atom. The van der Waals surface area contributed by atoms with E-state index in [2.05, 4.69) is 16.8 Å². The lowest BCUT2D eigenvalue weighted by atomic mass is 10.00. The topological polar surface area (TPSA) is 41.9 Å². The number of ether oxygens (including phenoxy) is 1. The molecule has 1 amide bonds. The minimum Gasteiger partial charge on any atom is -0.489 e. The summed E-state index contributed by atoms with van der Waals surface area (Å²) in [6, 6.07) is 17.9. The first-order chi connectivity index (χ1) is 13.7. The maximum absolute atomic E-state index is 12.3. The zero-order chi connectivity index (χ0) is 19.3. The zero-order valence-electron chi connectivity index (χ0n) is 16.0. The summed E-state index contributed by atoms with van der Waals surface area (Å²) in [5.41, 5.74) is 2.12. The van der Waals surface area contributed by atoms with Gasteiger partial charge in [0.15, 0.2) is 5.17 Å². The zero-order valence-corrected chi connectivity index (χ0v) is 16.8. The molecule has 0 aromatic heterocycles. The van der Waals surface area contributed by atoms with Crippen molar-refractivity contribution in [2.45, 2.75) is 26.4 Å². The third-order valence-corrected chi connectivity index (χ3v) is 6.13. The van der Waals surface area contributed by atoms with Crippen LogP contribution >= 0.6 is 11.8 Å². The van der Waals surface area contributed by atoms with E-state index >= 15 is 0 Å². The number of carbonyl (C=O) groups is 1. The lowest BCUT2D eigenvalue weighted by Gasteiger charge is -2.30. The Bertz CT molecular complexity index is 883. The van der Waals surface area contributed by atoms with Gasteiger partial charge >= 0.3 is 0 Å². The van der Waals surface area contributed by atoms with Crippen molar-refractivity contribution in [3.05, 3.63) is 70.6 Å². The van der Waals surface area contributed by atoms with Crippen molar-refractivity contribution in [1.82, 2.24) is 4.90 Å². The number of piperidine rings is 1. The van der Waals surface area contributed by atoms with Crippen LogP contribution in [0, 0.1) is 5.92 Å². The highest BCUT2D eigenvalue weighted by Gasteiger charge is 2.28. The van der Waals surface area contributed by atoms with Crippen LogP contribution in [0.4, 0.5) is 0 Å². The maximum atomic E-state index is 12.3. The summed E-state index contributed by atoms with van der Waals surface area (Å²) in [5, 5.41) is 0.853. The fourth-order valence-electron chi connectivity index (χ4n) is 3.29. The largest absolute Gasteiger partial charge is 0.489 e. The summed E-state index contributed by atoms with van der Waals surface area (Å²) in [4.78, 5) is 19.5. The van der Waals surface area contributed by atoms with Gasteiger partial charge in [0.25, 0.3) is 5.91 Å². The third kappa shape index (κ3) is 4.65. The Labute approximate surface area is 170 Å². The van der Waals surface area contributed by atoms with E-state index in [0.717, 1.165) is 53.9 Å². The SMILES string of the molecule is CC1CCN(C2=NC(=O)C(=Cc3ccc(OCc4ccccc4)cc3)S2)CC1. The van der Waals surface area contributed by atoms with Crippen molar-refractivity contribution in [2.24, 2.45) is 10.9 Å². The van der Waals surface area contributed by atoms with Crippen LogP contribution in [0.25, 0.3) is 6.08 Å². The van der Waals surface area contributed by atoms with Gasteiger partial charge in [-0.05, 0) is 59.9 Å². The number of hydrogen-bond donors (Lipinski definition) is 0. The molecule has 4 rings (SSSR count).